The third-order valence-electron chi connectivity index (χ3n) is 2.02. The minimum Gasteiger partial charge on any atom is -0.411 e. The van der Waals surface area contributed by atoms with Crippen LogP contribution in [-0.2, 0) is 7.05 Å². The van der Waals surface area contributed by atoms with Crippen LogP contribution in [0.3, 0.4) is 0 Å². The molecule has 0 amide bonds. The van der Waals surface area contributed by atoms with Gasteiger partial charge in [0.25, 0.3) is 0 Å². The lowest BCUT2D eigenvalue weighted by Crippen LogP contribution is -1.99. The first kappa shape index (κ1) is 8.77. The van der Waals surface area contributed by atoms with E-state index in [1.807, 2.05) is 20.9 Å². The van der Waals surface area contributed by atoms with E-state index >= 15 is 0 Å². The summed E-state index contributed by atoms with van der Waals surface area (Å²) in [5, 5.41) is 16.0. The van der Waals surface area contributed by atoms with E-state index in [0.717, 1.165) is 17.0 Å². The Morgan fingerprint density at radius 3 is 2.42 bits per heavy atom. The molecule has 1 aromatic heterocycles. The zero-order valence-corrected chi connectivity index (χ0v) is 7.79. The van der Waals surface area contributed by atoms with Gasteiger partial charge in [-0.2, -0.15) is 5.10 Å². The van der Waals surface area contributed by atoms with Gasteiger partial charge < -0.3 is 5.21 Å². The Labute approximate surface area is 71.5 Å². The summed E-state index contributed by atoms with van der Waals surface area (Å²) < 4.78 is 1.78. The maximum absolute atomic E-state index is 8.60. The van der Waals surface area contributed by atoms with Crippen molar-refractivity contribution in [2.45, 2.75) is 20.8 Å². The van der Waals surface area contributed by atoms with E-state index in [0.29, 0.717) is 5.71 Å². The van der Waals surface area contributed by atoms with E-state index in [1.165, 1.54) is 0 Å². The first-order valence-corrected chi connectivity index (χ1v) is 3.77. The van der Waals surface area contributed by atoms with Crippen LogP contribution in [0.15, 0.2) is 5.16 Å². The molecule has 12 heavy (non-hydrogen) atoms. The van der Waals surface area contributed by atoms with Crippen molar-refractivity contribution in [1.82, 2.24) is 9.78 Å². The Kier molecular flexibility index (Phi) is 2.17. The maximum Gasteiger partial charge on any atom is 0.0873 e. The number of hydrogen-bond acceptors (Lipinski definition) is 3. The summed E-state index contributed by atoms with van der Waals surface area (Å²) in [6.45, 7) is 5.61. The molecule has 0 aliphatic rings. The summed E-state index contributed by atoms with van der Waals surface area (Å²) in [4.78, 5) is 0. The molecule has 0 spiro atoms. The molecule has 1 heterocycles. The Bertz CT molecular complexity index is 325. The Hall–Kier alpha value is -1.32. The van der Waals surface area contributed by atoms with Crippen molar-refractivity contribution in [3.05, 3.63) is 17.0 Å². The van der Waals surface area contributed by atoms with Gasteiger partial charge in [0.15, 0.2) is 0 Å². The van der Waals surface area contributed by atoms with E-state index in [-0.39, 0.29) is 0 Å². The highest BCUT2D eigenvalue weighted by atomic mass is 16.4. The molecule has 1 aromatic rings. The van der Waals surface area contributed by atoms with Crippen LogP contribution in [-0.4, -0.2) is 20.7 Å². The van der Waals surface area contributed by atoms with Gasteiger partial charge in [0.05, 0.1) is 11.4 Å². The molecule has 0 bridgehead atoms. The van der Waals surface area contributed by atoms with Gasteiger partial charge in [-0.25, -0.2) is 0 Å². The fourth-order valence-electron chi connectivity index (χ4n) is 1.35. The fraction of sp³-hybridized carbons (Fsp3) is 0.500. The quantitative estimate of drug-likeness (QED) is 0.388. The number of rotatable bonds is 1. The van der Waals surface area contributed by atoms with Crippen LogP contribution < -0.4 is 0 Å². The number of nitrogens with zero attached hydrogens (tertiary/aromatic N) is 3. The molecular formula is C8H13N3O. The molecule has 4 heteroatoms. The fourth-order valence-corrected chi connectivity index (χ4v) is 1.35. The lowest BCUT2D eigenvalue weighted by molar-refractivity contribution is 0.319. The Balaban J connectivity index is 3.32. The third kappa shape index (κ3) is 1.20. The van der Waals surface area contributed by atoms with Gasteiger partial charge in [-0.15, -0.1) is 0 Å². The van der Waals surface area contributed by atoms with E-state index in [1.54, 1.807) is 11.6 Å². The Morgan fingerprint density at radius 1 is 1.50 bits per heavy atom. The standard InChI is InChI=1S/C8H13N3O/c1-5-8(6(2)10-12)7(3)11(4)9-5/h12H,1-4H3/b10-6+. The molecule has 1 N–H and O–H groups in total. The lowest BCUT2D eigenvalue weighted by Gasteiger charge is -1.97. The molecule has 0 saturated heterocycles. The van der Waals surface area contributed by atoms with E-state index < -0.39 is 0 Å². The van der Waals surface area contributed by atoms with Crippen LogP contribution in [0, 0.1) is 13.8 Å². The van der Waals surface area contributed by atoms with Crippen molar-refractivity contribution < 1.29 is 5.21 Å². The average Bonchev–Trinajstić information content (AvgIpc) is 2.26. The second-order valence-corrected chi connectivity index (χ2v) is 2.85. The molecule has 0 aliphatic heterocycles. The maximum atomic E-state index is 8.60. The second kappa shape index (κ2) is 2.97. The van der Waals surface area contributed by atoms with Crippen molar-refractivity contribution in [2.24, 2.45) is 12.2 Å². The van der Waals surface area contributed by atoms with Crippen molar-refractivity contribution in [3.63, 3.8) is 0 Å². The van der Waals surface area contributed by atoms with Crippen LogP contribution in [0.5, 0.6) is 0 Å². The summed E-state index contributed by atoms with van der Waals surface area (Å²) in [6.07, 6.45) is 0. The van der Waals surface area contributed by atoms with Gasteiger partial charge in [-0.3, -0.25) is 4.68 Å². The van der Waals surface area contributed by atoms with Gasteiger partial charge in [-0.1, -0.05) is 5.16 Å². The molecule has 1 rings (SSSR count). The monoisotopic (exact) mass is 167 g/mol. The van der Waals surface area contributed by atoms with Gasteiger partial charge in [0.1, 0.15) is 0 Å². The number of hydrogen-bond donors (Lipinski definition) is 1. The predicted octanol–water partition coefficient (Wildman–Crippen LogP) is 1.24. The largest absolute Gasteiger partial charge is 0.411 e. The van der Waals surface area contributed by atoms with Crippen LogP contribution in [0.25, 0.3) is 0 Å². The minimum absolute atomic E-state index is 0.609. The predicted molar refractivity (Wildman–Crippen MR) is 46.7 cm³/mol. The number of aryl methyl sites for hydroxylation is 2. The molecule has 0 aromatic carbocycles. The molecule has 0 fully saturated rings. The smallest absolute Gasteiger partial charge is 0.0873 e. The van der Waals surface area contributed by atoms with Crippen LogP contribution >= 0.6 is 0 Å². The molecule has 66 valence electrons. The molecule has 0 aliphatic carbocycles. The highest BCUT2D eigenvalue weighted by Crippen LogP contribution is 2.12. The lowest BCUT2D eigenvalue weighted by atomic mass is 10.1. The van der Waals surface area contributed by atoms with Crippen LogP contribution in [0.4, 0.5) is 0 Å². The minimum atomic E-state index is 0.609. The molecule has 0 atom stereocenters. The zero-order valence-electron chi connectivity index (χ0n) is 7.79. The summed E-state index contributed by atoms with van der Waals surface area (Å²) in [5.41, 5.74) is 3.45. The van der Waals surface area contributed by atoms with E-state index in [9.17, 15) is 0 Å². The summed E-state index contributed by atoms with van der Waals surface area (Å²) in [7, 11) is 1.87. The van der Waals surface area contributed by atoms with Gasteiger partial charge in [0, 0.05) is 18.3 Å². The summed E-state index contributed by atoms with van der Waals surface area (Å²) >= 11 is 0. The summed E-state index contributed by atoms with van der Waals surface area (Å²) in [5.74, 6) is 0. The van der Waals surface area contributed by atoms with Crippen LogP contribution in [0.2, 0.25) is 0 Å². The van der Waals surface area contributed by atoms with Crippen molar-refractivity contribution in [3.8, 4) is 0 Å². The normalized spacial score (nSPS) is 12.2. The molecular weight excluding hydrogens is 154 g/mol. The van der Waals surface area contributed by atoms with Gasteiger partial charge in [-0.05, 0) is 20.8 Å². The van der Waals surface area contributed by atoms with Gasteiger partial charge in [0.2, 0.25) is 0 Å². The molecule has 4 nitrogen and oxygen atoms in total. The highest BCUT2D eigenvalue weighted by Gasteiger charge is 2.11. The first-order valence-electron chi connectivity index (χ1n) is 3.77. The van der Waals surface area contributed by atoms with E-state index in [4.69, 9.17) is 5.21 Å². The van der Waals surface area contributed by atoms with Crippen molar-refractivity contribution in [2.75, 3.05) is 0 Å². The first-order chi connectivity index (χ1) is 5.57. The van der Waals surface area contributed by atoms with E-state index in [2.05, 4.69) is 10.3 Å². The zero-order chi connectivity index (χ0) is 9.30. The average molecular weight is 167 g/mol. The molecule has 0 radical (unpaired) electrons. The second-order valence-electron chi connectivity index (χ2n) is 2.85. The van der Waals surface area contributed by atoms with Crippen LogP contribution in [0.1, 0.15) is 23.9 Å². The summed E-state index contributed by atoms with van der Waals surface area (Å²) in [6, 6.07) is 0. The van der Waals surface area contributed by atoms with Gasteiger partial charge >= 0.3 is 0 Å². The van der Waals surface area contributed by atoms with Crippen molar-refractivity contribution >= 4 is 5.71 Å². The number of oxime groups is 1. The molecule has 0 saturated carbocycles. The topological polar surface area (TPSA) is 50.4 Å². The Morgan fingerprint density at radius 2 is 2.08 bits per heavy atom. The SMILES string of the molecule is C/C(=N\O)c1c(C)nn(C)c1C. The number of aromatic nitrogens is 2. The third-order valence-corrected chi connectivity index (χ3v) is 2.02. The highest BCUT2D eigenvalue weighted by molar-refractivity contribution is 6.00. The molecule has 0 unspecified atom stereocenters. The van der Waals surface area contributed by atoms with Crippen molar-refractivity contribution in [1.29, 1.82) is 0 Å².